The number of rotatable bonds is 1. The Morgan fingerprint density at radius 3 is 2.30 bits per heavy atom. The van der Waals surface area contributed by atoms with Gasteiger partial charge in [0, 0.05) is 11.3 Å². The highest BCUT2D eigenvalue weighted by Gasteiger charge is 2.64. The highest BCUT2D eigenvalue weighted by atomic mass is 19.1. The Labute approximate surface area is 158 Å². The summed E-state index contributed by atoms with van der Waals surface area (Å²) in [5.74, 6) is -1.96. The Morgan fingerprint density at radius 2 is 1.78 bits per heavy atom. The van der Waals surface area contributed by atoms with Crippen molar-refractivity contribution in [2.45, 2.75) is 25.8 Å². The van der Waals surface area contributed by atoms with Crippen LogP contribution in [0.15, 0.2) is 35.9 Å². The third-order valence-electron chi connectivity index (χ3n) is 6.29. The van der Waals surface area contributed by atoms with Gasteiger partial charge in [-0.05, 0) is 43.2 Å². The van der Waals surface area contributed by atoms with Crippen LogP contribution in [0.25, 0.3) is 0 Å². The van der Waals surface area contributed by atoms with Crippen molar-refractivity contribution in [3.8, 4) is 18.2 Å². The molecule has 136 valence electrons. The molecule has 0 spiro atoms. The van der Waals surface area contributed by atoms with Gasteiger partial charge in [0.25, 0.3) is 0 Å². The van der Waals surface area contributed by atoms with Crippen LogP contribution in [0, 0.1) is 62.0 Å². The molecule has 1 aromatic rings. The van der Waals surface area contributed by atoms with Crippen LogP contribution in [-0.4, -0.2) is 25.3 Å². The fourth-order valence-electron chi connectivity index (χ4n) is 4.84. The van der Waals surface area contributed by atoms with Crippen molar-refractivity contribution in [3.05, 3.63) is 47.3 Å². The Morgan fingerprint density at radius 1 is 1.19 bits per heavy atom. The first-order valence-electron chi connectivity index (χ1n) is 8.86. The summed E-state index contributed by atoms with van der Waals surface area (Å²) in [6, 6.07) is 12.2. The van der Waals surface area contributed by atoms with Gasteiger partial charge in [-0.2, -0.15) is 15.8 Å². The number of nitriles is 3. The van der Waals surface area contributed by atoms with E-state index in [-0.39, 0.29) is 11.8 Å². The summed E-state index contributed by atoms with van der Waals surface area (Å²) in [5.41, 5.74) is -1.20. The van der Waals surface area contributed by atoms with E-state index in [1.54, 1.807) is 12.1 Å². The number of hydrogen-bond donors (Lipinski definition) is 2. The largest absolute Gasteiger partial charge is 0.331 e. The maximum Gasteiger partial charge on any atom is 0.190 e. The maximum atomic E-state index is 13.5. The highest BCUT2D eigenvalue weighted by Crippen LogP contribution is 2.59. The molecular formula is C21H21FN5+. The highest BCUT2D eigenvalue weighted by molar-refractivity contribution is 6.01. The van der Waals surface area contributed by atoms with Crippen molar-refractivity contribution < 1.29 is 9.29 Å². The quantitative estimate of drug-likeness (QED) is 0.747. The fraction of sp³-hybridized carbons (Fsp3) is 0.429. The van der Waals surface area contributed by atoms with Crippen LogP contribution in [0.1, 0.15) is 25.3 Å². The van der Waals surface area contributed by atoms with E-state index < -0.39 is 28.5 Å². The molecule has 0 aromatic heterocycles. The molecule has 0 amide bonds. The average molecular weight is 362 g/mol. The minimum Gasteiger partial charge on any atom is -0.331 e. The molecule has 1 aromatic carbocycles. The Hall–Kier alpha value is -3.01. The van der Waals surface area contributed by atoms with Gasteiger partial charge in [-0.15, -0.1) is 0 Å². The van der Waals surface area contributed by atoms with Crippen LogP contribution in [-0.2, 0) is 0 Å². The number of nitrogens with zero attached hydrogens (tertiary/aromatic N) is 3. The van der Waals surface area contributed by atoms with Gasteiger partial charge in [-0.1, -0.05) is 12.1 Å². The van der Waals surface area contributed by atoms with Crippen molar-refractivity contribution in [3.63, 3.8) is 0 Å². The van der Waals surface area contributed by atoms with Crippen molar-refractivity contribution in [2.75, 3.05) is 13.6 Å². The van der Waals surface area contributed by atoms with Gasteiger partial charge in [0.15, 0.2) is 5.41 Å². The number of nitrogens with one attached hydrogen (secondary N) is 2. The Bertz CT molecular complexity index is 929. The predicted molar refractivity (Wildman–Crippen MR) is 97.0 cm³/mol. The van der Waals surface area contributed by atoms with E-state index in [9.17, 15) is 20.2 Å². The molecule has 0 bridgehead atoms. The summed E-state index contributed by atoms with van der Waals surface area (Å²) in [6.45, 7) is 4.62. The van der Waals surface area contributed by atoms with Gasteiger partial charge >= 0.3 is 0 Å². The lowest BCUT2D eigenvalue weighted by Crippen LogP contribution is -3.14. The molecular weight excluding hydrogens is 341 g/mol. The van der Waals surface area contributed by atoms with Gasteiger partial charge in [-0.25, -0.2) is 4.39 Å². The summed E-state index contributed by atoms with van der Waals surface area (Å²) in [4.78, 5) is 1.20. The molecule has 5 nitrogen and oxygen atoms in total. The third kappa shape index (κ3) is 2.47. The molecule has 6 heteroatoms. The molecule has 27 heavy (non-hydrogen) atoms. The van der Waals surface area contributed by atoms with Gasteiger partial charge in [0.2, 0.25) is 0 Å². The predicted octanol–water partition coefficient (Wildman–Crippen LogP) is 1.97. The summed E-state index contributed by atoms with van der Waals surface area (Å²) in [6.07, 6.45) is 2.01. The number of quaternary nitrogens is 1. The number of halogens is 1. The zero-order valence-corrected chi connectivity index (χ0v) is 15.5. The number of benzene rings is 1. The second-order valence-corrected chi connectivity index (χ2v) is 7.84. The Balaban J connectivity index is 2.36. The van der Waals surface area contributed by atoms with E-state index in [1.807, 2.05) is 27.0 Å². The van der Waals surface area contributed by atoms with E-state index in [2.05, 4.69) is 18.2 Å². The first-order valence-corrected chi connectivity index (χ1v) is 8.86. The average Bonchev–Trinajstić information content (AvgIpc) is 2.65. The molecule has 0 radical (unpaired) electrons. The molecule has 2 aliphatic rings. The Kier molecular flexibility index (Phi) is 4.38. The van der Waals surface area contributed by atoms with Crippen LogP contribution in [0.4, 0.5) is 4.39 Å². The molecule has 1 aliphatic carbocycles. The van der Waals surface area contributed by atoms with Crippen LogP contribution in [0.3, 0.4) is 0 Å². The van der Waals surface area contributed by atoms with Crippen molar-refractivity contribution >= 4 is 5.71 Å². The molecule has 1 saturated carbocycles. The van der Waals surface area contributed by atoms with E-state index in [1.165, 1.54) is 17.0 Å². The number of hydrogen-bond acceptors (Lipinski definition) is 4. The lowest BCUT2D eigenvalue weighted by Gasteiger charge is -2.53. The summed E-state index contributed by atoms with van der Waals surface area (Å²) < 4.78 is 13.5. The lowest BCUT2D eigenvalue weighted by molar-refractivity contribution is -0.905. The van der Waals surface area contributed by atoms with Crippen LogP contribution >= 0.6 is 0 Å². The first-order chi connectivity index (χ1) is 12.7. The fourth-order valence-corrected chi connectivity index (χ4v) is 4.84. The molecule has 1 fully saturated rings. The normalized spacial score (nSPS) is 34.4. The van der Waals surface area contributed by atoms with Crippen LogP contribution in [0.5, 0.6) is 0 Å². The summed E-state index contributed by atoms with van der Waals surface area (Å²) in [5, 5.41) is 38.4. The topological polar surface area (TPSA) is 99.7 Å². The van der Waals surface area contributed by atoms with Crippen molar-refractivity contribution in [1.29, 1.82) is 21.2 Å². The molecule has 0 saturated heterocycles. The molecule has 1 aliphatic heterocycles. The van der Waals surface area contributed by atoms with E-state index in [0.29, 0.717) is 12.1 Å². The van der Waals surface area contributed by atoms with Crippen molar-refractivity contribution in [1.82, 2.24) is 0 Å². The number of likely N-dealkylation sites (N-methyl/N-ethyl adjacent to an activating group) is 1. The molecule has 2 N–H and O–H groups in total. The summed E-state index contributed by atoms with van der Waals surface area (Å²) >= 11 is 0. The van der Waals surface area contributed by atoms with E-state index in [0.717, 1.165) is 5.57 Å². The zero-order valence-electron chi connectivity index (χ0n) is 15.5. The molecule has 5 atom stereocenters. The molecule has 1 unspecified atom stereocenters. The zero-order chi connectivity index (χ0) is 20.0. The van der Waals surface area contributed by atoms with Gasteiger partial charge in [-0.3, -0.25) is 0 Å². The summed E-state index contributed by atoms with van der Waals surface area (Å²) in [7, 11) is 2.03. The standard InChI is InChI=1S/C21H20FN5/c1-13-8-17-16(9-23)19(26)21(10-24,11-25)18(20(17,2)12-27(13)3)14-4-6-15(22)7-5-14/h4-8,13,16,18,26H,12H2,1-3H3/p+1/t13-,16+,18+,20-/m1/s1. The monoisotopic (exact) mass is 362 g/mol. The first kappa shape index (κ1) is 18.8. The van der Waals surface area contributed by atoms with Gasteiger partial charge in [0.1, 0.15) is 17.8 Å². The molecule has 3 rings (SSSR count). The minimum atomic E-state index is -1.77. The van der Waals surface area contributed by atoms with E-state index >= 15 is 0 Å². The third-order valence-corrected chi connectivity index (χ3v) is 6.29. The number of fused-ring (bicyclic) bond motifs is 1. The van der Waals surface area contributed by atoms with Gasteiger partial charge < -0.3 is 10.3 Å². The van der Waals surface area contributed by atoms with Crippen LogP contribution in [0.2, 0.25) is 0 Å². The van der Waals surface area contributed by atoms with Gasteiger partial charge in [0.05, 0.1) is 37.5 Å². The molecule has 1 heterocycles. The second-order valence-electron chi connectivity index (χ2n) is 7.84. The SMILES string of the molecule is C[C@@H]1C=C2[C@H](C#N)C(=N)C(C#N)(C#N)[C@@H](c3ccc(F)cc3)[C@]2(C)C[NH+]1C. The van der Waals surface area contributed by atoms with Crippen molar-refractivity contribution in [2.24, 2.45) is 16.7 Å². The minimum absolute atomic E-state index is 0.155. The van der Waals surface area contributed by atoms with Crippen LogP contribution < -0.4 is 4.90 Å². The smallest absolute Gasteiger partial charge is 0.190 e. The maximum absolute atomic E-state index is 13.5. The second kappa shape index (κ2) is 6.31. The lowest BCUT2D eigenvalue weighted by atomic mass is 9.48. The van der Waals surface area contributed by atoms with E-state index in [4.69, 9.17) is 5.41 Å².